The third-order valence-corrected chi connectivity index (χ3v) is 3.56. The Kier molecular flexibility index (Phi) is 6.01. The van der Waals surface area contributed by atoms with E-state index in [1.54, 1.807) is 13.0 Å². The minimum atomic E-state index is -4.64. The number of aryl methyl sites for hydroxylation is 1. The number of hydrogen-bond acceptors (Lipinski definition) is 3. The van der Waals surface area contributed by atoms with Crippen molar-refractivity contribution < 1.29 is 27.4 Å². The Morgan fingerprint density at radius 2 is 1.74 bits per heavy atom. The van der Waals surface area contributed by atoms with Gasteiger partial charge in [-0.2, -0.15) is 13.2 Å². The molecular formula is C17H19F3O3. The Morgan fingerprint density at radius 1 is 1.13 bits per heavy atom. The quantitative estimate of drug-likeness (QED) is 0.470. The number of rotatable bonds is 4. The van der Waals surface area contributed by atoms with E-state index >= 15 is 0 Å². The number of carbonyl (C=O) groups excluding carboxylic acids is 1. The van der Waals surface area contributed by atoms with Gasteiger partial charge in [0, 0.05) is 6.08 Å². The largest absolute Gasteiger partial charge is 0.496 e. The first-order chi connectivity index (χ1) is 10.6. The van der Waals surface area contributed by atoms with Crippen LogP contribution in [0.1, 0.15) is 22.3 Å². The summed E-state index contributed by atoms with van der Waals surface area (Å²) in [6.45, 7) is 5.42. The molecule has 0 unspecified atom stereocenters. The molecule has 1 rings (SSSR count). The third-order valence-electron chi connectivity index (χ3n) is 3.56. The van der Waals surface area contributed by atoms with Crippen LogP contribution in [0.15, 0.2) is 23.8 Å². The summed E-state index contributed by atoms with van der Waals surface area (Å²) in [6.07, 6.45) is -2.00. The SMILES string of the molecule is COC(=O)/C=C(/C=C/c1c(C)cc(OC)c(C)c1C)C(F)(F)F. The molecule has 0 amide bonds. The van der Waals surface area contributed by atoms with E-state index in [1.165, 1.54) is 13.2 Å². The van der Waals surface area contributed by atoms with E-state index in [9.17, 15) is 18.0 Å². The van der Waals surface area contributed by atoms with E-state index in [-0.39, 0.29) is 0 Å². The molecule has 0 aliphatic rings. The van der Waals surface area contributed by atoms with Crippen molar-refractivity contribution in [2.75, 3.05) is 14.2 Å². The maximum atomic E-state index is 13.0. The molecule has 0 aliphatic carbocycles. The van der Waals surface area contributed by atoms with Gasteiger partial charge in [0.25, 0.3) is 0 Å². The predicted molar refractivity (Wildman–Crippen MR) is 82.4 cm³/mol. The highest BCUT2D eigenvalue weighted by Gasteiger charge is 2.32. The molecular weight excluding hydrogens is 309 g/mol. The van der Waals surface area contributed by atoms with Crippen molar-refractivity contribution in [1.29, 1.82) is 0 Å². The summed E-state index contributed by atoms with van der Waals surface area (Å²) in [6, 6.07) is 1.76. The van der Waals surface area contributed by atoms with Gasteiger partial charge < -0.3 is 9.47 Å². The van der Waals surface area contributed by atoms with Crippen molar-refractivity contribution in [3.8, 4) is 5.75 Å². The van der Waals surface area contributed by atoms with Crippen LogP contribution in [0.25, 0.3) is 6.08 Å². The maximum absolute atomic E-state index is 13.0. The van der Waals surface area contributed by atoms with Crippen LogP contribution in [0.2, 0.25) is 0 Å². The van der Waals surface area contributed by atoms with E-state index < -0.39 is 17.7 Å². The minimum absolute atomic E-state index is 0.428. The van der Waals surface area contributed by atoms with Gasteiger partial charge in [0.1, 0.15) is 5.75 Å². The van der Waals surface area contributed by atoms with Gasteiger partial charge >= 0.3 is 12.1 Å². The van der Waals surface area contributed by atoms with Crippen LogP contribution < -0.4 is 4.74 Å². The average Bonchev–Trinajstić information content (AvgIpc) is 2.48. The molecule has 0 atom stereocenters. The Balaban J connectivity index is 3.33. The summed E-state index contributed by atoms with van der Waals surface area (Å²) < 4.78 is 48.4. The third kappa shape index (κ3) is 4.61. The molecule has 1 aromatic rings. The molecule has 3 nitrogen and oxygen atoms in total. The highest BCUT2D eigenvalue weighted by molar-refractivity contribution is 5.84. The van der Waals surface area contributed by atoms with Gasteiger partial charge in [-0.25, -0.2) is 4.79 Å². The lowest BCUT2D eigenvalue weighted by molar-refractivity contribution is -0.135. The molecule has 0 aromatic heterocycles. The number of alkyl halides is 3. The molecule has 0 aliphatic heterocycles. The van der Waals surface area contributed by atoms with Gasteiger partial charge in [-0.05, 0) is 55.2 Å². The highest BCUT2D eigenvalue weighted by atomic mass is 19.4. The average molecular weight is 328 g/mol. The summed E-state index contributed by atoms with van der Waals surface area (Å²) >= 11 is 0. The van der Waals surface area contributed by atoms with Crippen LogP contribution in [-0.2, 0) is 9.53 Å². The lowest BCUT2D eigenvalue weighted by Gasteiger charge is -2.14. The Morgan fingerprint density at radius 3 is 2.22 bits per heavy atom. The van der Waals surface area contributed by atoms with Crippen LogP contribution in [0.4, 0.5) is 13.2 Å². The number of hydrogen-bond donors (Lipinski definition) is 0. The van der Waals surface area contributed by atoms with Gasteiger partial charge in [0.15, 0.2) is 0 Å². The van der Waals surface area contributed by atoms with Crippen molar-refractivity contribution in [1.82, 2.24) is 0 Å². The summed E-state index contributed by atoms with van der Waals surface area (Å²) in [5.41, 5.74) is 2.03. The highest BCUT2D eigenvalue weighted by Crippen LogP contribution is 2.31. The summed E-state index contributed by atoms with van der Waals surface area (Å²) in [7, 11) is 2.56. The fourth-order valence-corrected chi connectivity index (χ4v) is 2.12. The molecule has 0 N–H and O–H groups in total. The zero-order chi connectivity index (χ0) is 17.8. The predicted octanol–water partition coefficient (Wildman–Crippen LogP) is 4.30. The molecule has 0 heterocycles. The van der Waals surface area contributed by atoms with Crippen LogP contribution in [-0.4, -0.2) is 26.4 Å². The zero-order valence-corrected chi connectivity index (χ0v) is 13.7. The van der Waals surface area contributed by atoms with Crippen molar-refractivity contribution in [3.05, 3.63) is 46.0 Å². The number of carbonyl (C=O) groups is 1. The maximum Gasteiger partial charge on any atom is 0.416 e. The topological polar surface area (TPSA) is 35.5 Å². The van der Waals surface area contributed by atoms with E-state index in [1.807, 2.05) is 13.8 Å². The smallest absolute Gasteiger partial charge is 0.416 e. The summed E-state index contributed by atoms with van der Waals surface area (Å²) in [4.78, 5) is 11.1. The van der Waals surface area contributed by atoms with E-state index in [2.05, 4.69) is 4.74 Å². The second-order valence-electron chi connectivity index (χ2n) is 5.01. The van der Waals surface area contributed by atoms with Gasteiger partial charge in [0.05, 0.1) is 19.8 Å². The fourth-order valence-electron chi connectivity index (χ4n) is 2.12. The van der Waals surface area contributed by atoms with E-state index in [0.717, 1.165) is 29.9 Å². The van der Waals surface area contributed by atoms with Gasteiger partial charge in [-0.3, -0.25) is 0 Å². The van der Waals surface area contributed by atoms with Gasteiger partial charge in [-0.15, -0.1) is 0 Å². The van der Waals surface area contributed by atoms with Crippen LogP contribution in [0.5, 0.6) is 5.75 Å². The molecule has 0 spiro atoms. The fraction of sp³-hybridized carbons (Fsp3) is 0.353. The van der Waals surface area contributed by atoms with E-state index in [0.29, 0.717) is 17.4 Å². The Hall–Kier alpha value is -2.24. The molecule has 0 saturated heterocycles. The summed E-state index contributed by atoms with van der Waals surface area (Å²) in [5.74, 6) is -0.375. The molecule has 6 heteroatoms. The van der Waals surface area contributed by atoms with Gasteiger partial charge in [0.2, 0.25) is 0 Å². The molecule has 0 radical (unpaired) electrons. The minimum Gasteiger partial charge on any atom is -0.496 e. The zero-order valence-electron chi connectivity index (χ0n) is 13.7. The second-order valence-corrected chi connectivity index (χ2v) is 5.01. The molecule has 23 heavy (non-hydrogen) atoms. The number of methoxy groups -OCH3 is 2. The molecule has 126 valence electrons. The number of esters is 1. The van der Waals surface area contributed by atoms with Crippen LogP contribution in [0.3, 0.4) is 0 Å². The molecule has 0 bridgehead atoms. The number of ether oxygens (including phenoxy) is 2. The molecule has 0 fully saturated rings. The lowest BCUT2D eigenvalue weighted by atomic mass is 9.96. The summed E-state index contributed by atoms with van der Waals surface area (Å²) in [5, 5.41) is 0. The van der Waals surface area contributed by atoms with Crippen molar-refractivity contribution in [2.24, 2.45) is 0 Å². The lowest BCUT2D eigenvalue weighted by Crippen LogP contribution is -2.12. The number of benzene rings is 1. The van der Waals surface area contributed by atoms with E-state index in [4.69, 9.17) is 4.74 Å². The standard InChI is InChI=1S/C17H19F3O3/c1-10-8-15(22-4)12(3)11(2)14(10)7-6-13(17(18,19)20)9-16(21)23-5/h6-9H,1-5H3/b7-6+,13-9-. The molecule has 1 aromatic carbocycles. The Labute approximate surface area is 133 Å². The first kappa shape index (κ1) is 18.8. The first-order valence-electron chi connectivity index (χ1n) is 6.81. The second kappa shape index (κ2) is 7.35. The van der Waals surface area contributed by atoms with Crippen LogP contribution >= 0.6 is 0 Å². The van der Waals surface area contributed by atoms with Crippen molar-refractivity contribution in [2.45, 2.75) is 26.9 Å². The van der Waals surface area contributed by atoms with Crippen molar-refractivity contribution in [3.63, 3.8) is 0 Å². The van der Waals surface area contributed by atoms with Gasteiger partial charge in [-0.1, -0.05) is 6.08 Å². The van der Waals surface area contributed by atoms with Crippen molar-refractivity contribution >= 4 is 12.0 Å². The Bertz CT molecular complexity index is 656. The number of allylic oxidation sites excluding steroid dienone is 2. The monoisotopic (exact) mass is 328 g/mol. The normalized spacial score (nSPS) is 12.6. The number of halogens is 3. The molecule has 0 saturated carbocycles. The van der Waals surface area contributed by atoms with Crippen LogP contribution in [0, 0.1) is 20.8 Å². The first-order valence-corrected chi connectivity index (χ1v) is 6.81.